The van der Waals surface area contributed by atoms with Crippen LogP contribution in [0.1, 0.15) is 12.0 Å². The molecule has 0 radical (unpaired) electrons. The van der Waals surface area contributed by atoms with Gasteiger partial charge in [0, 0.05) is 6.42 Å². The van der Waals surface area contributed by atoms with Crippen molar-refractivity contribution < 1.29 is 14.3 Å². The second kappa shape index (κ2) is 6.67. The lowest BCUT2D eigenvalue weighted by molar-refractivity contribution is -0.140. The molecule has 0 unspecified atom stereocenters. The van der Waals surface area contributed by atoms with E-state index < -0.39 is 0 Å². The first-order valence-corrected chi connectivity index (χ1v) is 5.15. The van der Waals surface area contributed by atoms with E-state index in [9.17, 15) is 4.79 Å². The van der Waals surface area contributed by atoms with E-state index in [1.807, 2.05) is 24.3 Å². The molecule has 0 saturated carbocycles. The van der Waals surface area contributed by atoms with Crippen LogP contribution in [0, 0.1) is 0 Å². The molecule has 0 aliphatic rings. The number of benzene rings is 1. The van der Waals surface area contributed by atoms with Crippen molar-refractivity contribution in [3.05, 3.63) is 42.5 Å². The monoisotopic (exact) mass is 220 g/mol. The number of rotatable bonds is 6. The number of methoxy groups -OCH3 is 1. The van der Waals surface area contributed by atoms with Gasteiger partial charge >= 0.3 is 5.97 Å². The molecule has 0 heterocycles. The molecule has 0 fully saturated rings. The lowest BCUT2D eigenvalue weighted by atomic mass is 10.1. The van der Waals surface area contributed by atoms with Crippen LogP contribution < -0.4 is 4.74 Å². The fraction of sp³-hybridized carbons (Fsp3) is 0.308. The molecule has 0 spiro atoms. The molecule has 1 rings (SSSR count). The number of carbonyl (C=O) groups excluding carboxylic acids is 1. The van der Waals surface area contributed by atoms with Gasteiger partial charge in [0.2, 0.25) is 0 Å². The van der Waals surface area contributed by atoms with Gasteiger partial charge < -0.3 is 9.47 Å². The second-order valence-corrected chi connectivity index (χ2v) is 3.32. The number of hydrogen-bond acceptors (Lipinski definition) is 3. The molecule has 0 atom stereocenters. The smallest absolute Gasteiger partial charge is 0.305 e. The van der Waals surface area contributed by atoms with Crippen LogP contribution in [0.4, 0.5) is 0 Å². The lowest BCUT2D eigenvalue weighted by Gasteiger charge is -2.04. The Morgan fingerprint density at radius 3 is 2.62 bits per heavy atom. The zero-order valence-electron chi connectivity index (χ0n) is 9.44. The van der Waals surface area contributed by atoms with Gasteiger partial charge in [-0.15, -0.1) is 0 Å². The van der Waals surface area contributed by atoms with Gasteiger partial charge in [-0.25, -0.2) is 0 Å². The molecule has 0 amide bonds. The predicted octanol–water partition coefficient (Wildman–Crippen LogP) is 2.36. The summed E-state index contributed by atoms with van der Waals surface area (Å²) >= 11 is 0. The van der Waals surface area contributed by atoms with Crippen molar-refractivity contribution in [3.63, 3.8) is 0 Å². The summed E-state index contributed by atoms with van der Waals surface area (Å²) in [5, 5.41) is 0. The van der Waals surface area contributed by atoms with Gasteiger partial charge in [0.15, 0.2) is 0 Å². The minimum absolute atomic E-state index is 0.188. The number of ether oxygens (including phenoxy) is 2. The van der Waals surface area contributed by atoms with E-state index in [2.05, 4.69) is 11.3 Å². The van der Waals surface area contributed by atoms with Crippen LogP contribution in [0.5, 0.6) is 5.75 Å². The molecule has 0 aliphatic heterocycles. The van der Waals surface area contributed by atoms with Crippen LogP contribution in [-0.4, -0.2) is 19.7 Å². The van der Waals surface area contributed by atoms with Gasteiger partial charge in [-0.3, -0.25) is 4.79 Å². The fourth-order valence-electron chi connectivity index (χ4n) is 1.26. The van der Waals surface area contributed by atoms with Crippen LogP contribution >= 0.6 is 0 Å². The van der Waals surface area contributed by atoms with Crippen molar-refractivity contribution in [1.29, 1.82) is 0 Å². The highest BCUT2D eigenvalue weighted by Crippen LogP contribution is 2.13. The third-order valence-electron chi connectivity index (χ3n) is 2.14. The first kappa shape index (κ1) is 12.3. The topological polar surface area (TPSA) is 35.5 Å². The van der Waals surface area contributed by atoms with E-state index in [1.54, 1.807) is 6.08 Å². The van der Waals surface area contributed by atoms with E-state index >= 15 is 0 Å². The molecule has 1 aromatic rings. The third kappa shape index (κ3) is 4.17. The molecule has 16 heavy (non-hydrogen) atoms. The SMILES string of the molecule is C=CCOc1ccc(CCC(=O)OC)cc1. The number of carbonyl (C=O) groups is 1. The molecule has 0 bridgehead atoms. The van der Waals surface area contributed by atoms with Gasteiger partial charge in [0.1, 0.15) is 12.4 Å². The molecule has 3 nitrogen and oxygen atoms in total. The minimum atomic E-state index is -0.188. The van der Waals surface area contributed by atoms with Crippen molar-refractivity contribution in [3.8, 4) is 5.75 Å². The van der Waals surface area contributed by atoms with E-state index in [1.165, 1.54) is 7.11 Å². The number of aryl methyl sites for hydroxylation is 1. The van der Waals surface area contributed by atoms with Crippen LogP contribution in [0.15, 0.2) is 36.9 Å². The highest BCUT2D eigenvalue weighted by Gasteiger charge is 2.01. The fourth-order valence-corrected chi connectivity index (χ4v) is 1.26. The highest BCUT2D eigenvalue weighted by atomic mass is 16.5. The van der Waals surface area contributed by atoms with E-state index in [-0.39, 0.29) is 5.97 Å². The molecule has 86 valence electrons. The second-order valence-electron chi connectivity index (χ2n) is 3.32. The zero-order valence-corrected chi connectivity index (χ0v) is 9.44. The zero-order chi connectivity index (χ0) is 11.8. The Kier molecular flexibility index (Phi) is 5.12. The maximum absolute atomic E-state index is 10.9. The Hall–Kier alpha value is -1.77. The van der Waals surface area contributed by atoms with Crippen molar-refractivity contribution in [2.75, 3.05) is 13.7 Å². The molecular formula is C13H16O3. The Morgan fingerprint density at radius 1 is 1.38 bits per heavy atom. The van der Waals surface area contributed by atoms with E-state index in [0.717, 1.165) is 11.3 Å². The Balaban J connectivity index is 2.44. The summed E-state index contributed by atoms with van der Waals surface area (Å²) in [6, 6.07) is 7.66. The minimum Gasteiger partial charge on any atom is -0.490 e. The molecule has 0 saturated heterocycles. The van der Waals surface area contributed by atoms with Gasteiger partial charge in [0.05, 0.1) is 7.11 Å². The van der Waals surface area contributed by atoms with Crippen LogP contribution in [-0.2, 0) is 16.0 Å². The summed E-state index contributed by atoms with van der Waals surface area (Å²) in [7, 11) is 1.40. The van der Waals surface area contributed by atoms with E-state index in [4.69, 9.17) is 4.74 Å². The van der Waals surface area contributed by atoms with Gasteiger partial charge in [-0.2, -0.15) is 0 Å². The average molecular weight is 220 g/mol. The van der Waals surface area contributed by atoms with Gasteiger partial charge in [0.25, 0.3) is 0 Å². The number of esters is 1. The summed E-state index contributed by atoms with van der Waals surface area (Å²) in [5.41, 5.74) is 1.09. The van der Waals surface area contributed by atoms with Crippen LogP contribution in [0.2, 0.25) is 0 Å². The molecule has 0 aliphatic carbocycles. The summed E-state index contributed by atoms with van der Waals surface area (Å²) in [6.07, 6.45) is 2.79. The third-order valence-corrected chi connectivity index (χ3v) is 2.14. The average Bonchev–Trinajstić information content (AvgIpc) is 2.34. The Morgan fingerprint density at radius 2 is 2.06 bits per heavy atom. The van der Waals surface area contributed by atoms with Crippen molar-refractivity contribution in [2.24, 2.45) is 0 Å². The predicted molar refractivity (Wildman–Crippen MR) is 62.5 cm³/mol. The standard InChI is InChI=1S/C13H16O3/c1-3-10-16-12-7-4-11(5-8-12)6-9-13(14)15-2/h3-5,7-8H,1,6,9-10H2,2H3. The van der Waals surface area contributed by atoms with E-state index in [0.29, 0.717) is 19.4 Å². The van der Waals surface area contributed by atoms with Crippen molar-refractivity contribution >= 4 is 5.97 Å². The van der Waals surface area contributed by atoms with Crippen molar-refractivity contribution in [1.82, 2.24) is 0 Å². The maximum atomic E-state index is 10.9. The molecule has 3 heteroatoms. The van der Waals surface area contributed by atoms with Crippen LogP contribution in [0.25, 0.3) is 0 Å². The maximum Gasteiger partial charge on any atom is 0.305 e. The van der Waals surface area contributed by atoms with Gasteiger partial charge in [-0.05, 0) is 24.1 Å². The lowest BCUT2D eigenvalue weighted by Crippen LogP contribution is -2.01. The Labute approximate surface area is 95.7 Å². The largest absolute Gasteiger partial charge is 0.490 e. The summed E-state index contributed by atoms with van der Waals surface area (Å²) in [5.74, 6) is 0.619. The van der Waals surface area contributed by atoms with Gasteiger partial charge in [-0.1, -0.05) is 24.8 Å². The summed E-state index contributed by atoms with van der Waals surface area (Å²) in [4.78, 5) is 10.9. The molecule has 0 N–H and O–H groups in total. The molecular weight excluding hydrogens is 204 g/mol. The molecule has 1 aromatic carbocycles. The first-order chi connectivity index (χ1) is 7.76. The van der Waals surface area contributed by atoms with Crippen molar-refractivity contribution in [2.45, 2.75) is 12.8 Å². The Bertz CT molecular complexity index is 341. The highest BCUT2D eigenvalue weighted by molar-refractivity contribution is 5.69. The quantitative estimate of drug-likeness (QED) is 0.545. The normalized spacial score (nSPS) is 9.56. The summed E-state index contributed by atoms with van der Waals surface area (Å²) in [6.45, 7) is 4.08. The summed E-state index contributed by atoms with van der Waals surface area (Å²) < 4.78 is 9.92. The van der Waals surface area contributed by atoms with Crippen LogP contribution in [0.3, 0.4) is 0 Å². The number of hydrogen-bond donors (Lipinski definition) is 0. The molecule has 0 aromatic heterocycles. The first-order valence-electron chi connectivity index (χ1n) is 5.15.